The summed E-state index contributed by atoms with van der Waals surface area (Å²) in [4.78, 5) is 21.9. The Kier molecular flexibility index (Phi) is 10.6. The van der Waals surface area contributed by atoms with Gasteiger partial charge in [0.05, 0.1) is 23.8 Å². The Labute approximate surface area is 255 Å². The fourth-order valence-electron chi connectivity index (χ4n) is 6.53. The summed E-state index contributed by atoms with van der Waals surface area (Å²) in [5, 5.41) is 0.225. The highest BCUT2D eigenvalue weighted by Gasteiger charge is 2.39. The lowest BCUT2D eigenvalue weighted by Gasteiger charge is -2.42. The van der Waals surface area contributed by atoms with Crippen LogP contribution < -0.4 is 0 Å². The zero-order chi connectivity index (χ0) is 29.6. The summed E-state index contributed by atoms with van der Waals surface area (Å²) in [6.07, 6.45) is 9.91. The molecule has 9 nitrogen and oxygen atoms in total. The van der Waals surface area contributed by atoms with Crippen molar-refractivity contribution in [2.45, 2.75) is 68.4 Å². The number of carbonyl (C=O) groups is 1. The van der Waals surface area contributed by atoms with Crippen molar-refractivity contribution in [2.24, 2.45) is 0 Å². The second kappa shape index (κ2) is 14.1. The number of aromatic nitrogens is 1. The number of aryl methyl sites for hydroxylation is 1. The lowest BCUT2D eigenvalue weighted by molar-refractivity contribution is -0.145. The van der Waals surface area contributed by atoms with Crippen molar-refractivity contribution in [1.29, 1.82) is 0 Å². The molecule has 2 aromatic rings. The summed E-state index contributed by atoms with van der Waals surface area (Å²) < 4.78 is 41.2. The number of likely N-dealkylation sites (tertiary alicyclic amines) is 2. The number of benzene rings is 1. The monoisotopic (exact) mass is 618 g/mol. The van der Waals surface area contributed by atoms with Crippen LogP contribution in [0.15, 0.2) is 47.6 Å². The Balaban J connectivity index is 1.15. The minimum atomic E-state index is -3.79. The maximum Gasteiger partial charge on any atom is 0.248 e. The molecule has 5 rings (SSSR count). The largest absolute Gasteiger partial charge is 0.370 e. The van der Waals surface area contributed by atoms with Gasteiger partial charge in [0, 0.05) is 50.2 Å². The van der Waals surface area contributed by atoms with Crippen LogP contribution in [0.4, 0.5) is 0 Å². The Hall–Kier alpha value is -2.08. The summed E-state index contributed by atoms with van der Waals surface area (Å²) >= 11 is 6.33. The van der Waals surface area contributed by atoms with Crippen LogP contribution in [0.3, 0.4) is 0 Å². The van der Waals surface area contributed by atoms with E-state index in [1.165, 1.54) is 17.1 Å². The highest BCUT2D eigenvalue weighted by Crippen LogP contribution is 2.37. The molecule has 0 aliphatic carbocycles. The molecule has 11 heteroatoms. The zero-order valence-corrected chi connectivity index (χ0v) is 26.1. The van der Waals surface area contributed by atoms with Crippen LogP contribution in [0, 0.1) is 6.92 Å². The molecule has 1 unspecified atom stereocenters. The molecule has 0 saturated carbocycles. The summed E-state index contributed by atoms with van der Waals surface area (Å²) in [6.45, 7) is 7.23. The van der Waals surface area contributed by atoms with Crippen molar-refractivity contribution in [3.8, 4) is 0 Å². The van der Waals surface area contributed by atoms with E-state index in [4.69, 9.17) is 21.1 Å². The highest BCUT2D eigenvalue weighted by atomic mass is 35.5. The molecule has 1 amide bonds. The average Bonchev–Trinajstić information content (AvgIpc) is 3.51. The van der Waals surface area contributed by atoms with E-state index in [1.54, 1.807) is 31.3 Å². The van der Waals surface area contributed by atoms with Crippen LogP contribution in [0.2, 0.25) is 5.02 Å². The summed E-state index contributed by atoms with van der Waals surface area (Å²) in [5.41, 5.74) is 1.22. The van der Waals surface area contributed by atoms with Crippen LogP contribution in [-0.4, -0.2) is 98.5 Å². The average molecular weight is 619 g/mol. The van der Waals surface area contributed by atoms with Gasteiger partial charge in [-0.15, -0.1) is 0 Å². The molecule has 1 atom stereocenters. The van der Waals surface area contributed by atoms with Crippen molar-refractivity contribution < 1.29 is 22.7 Å². The number of amides is 1. The molecule has 0 bridgehead atoms. The van der Waals surface area contributed by atoms with Crippen molar-refractivity contribution in [3.05, 3.63) is 58.9 Å². The Bertz CT molecular complexity index is 1280. The summed E-state index contributed by atoms with van der Waals surface area (Å²) in [6, 6.07) is 8.78. The molecule has 0 spiro atoms. The molecule has 4 heterocycles. The first-order valence-corrected chi connectivity index (χ1v) is 17.0. The van der Waals surface area contributed by atoms with E-state index < -0.39 is 15.6 Å². The molecule has 3 saturated heterocycles. The van der Waals surface area contributed by atoms with Crippen LogP contribution in [-0.2, 0) is 29.9 Å². The molecule has 0 radical (unpaired) electrons. The van der Waals surface area contributed by atoms with Crippen molar-refractivity contribution >= 4 is 27.5 Å². The van der Waals surface area contributed by atoms with Gasteiger partial charge in [0.15, 0.2) is 0 Å². The SMILES string of the molecule is Cc1cccc(Cl)c1S(=O)(=O)N1CCCCC1COCC(=O)N1CCC(OCCN2CCCC2)(c2cccnc2)CC1. The van der Waals surface area contributed by atoms with Gasteiger partial charge < -0.3 is 19.3 Å². The zero-order valence-electron chi connectivity index (χ0n) is 24.5. The van der Waals surface area contributed by atoms with Gasteiger partial charge in [-0.2, -0.15) is 4.31 Å². The second-order valence-corrected chi connectivity index (χ2v) is 13.9. The van der Waals surface area contributed by atoms with Gasteiger partial charge in [-0.05, 0) is 76.2 Å². The third kappa shape index (κ3) is 7.17. The number of piperidine rings is 2. The van der Waals surface area contributed by atoms with E-state index in [1.807, 2.05) is 17.2 Å². The maximum absolute atomic E-state index is 13.6. The summed E-state index contributed by atoms with van der Waals surface area (Å²) in [5.74, 6) is -0.0842. The minimum Gasteiger partial charge on any atom is -0.370 e. The van der Waals surface area contributed by atoms with Gasteiger partial charge in [-0.3, -0.25) is 9.78 Å². The first-order valence-electron chi connectivity index (χ1n) is 15.2. The number of sulfonamides is 1. The topological polar surface area (TPSA) is 92.3 Å². The number of hydrogen-bond acceptors (Lipinski definition) is 7. The van der Waals surface area contributed by atoms with Crippen molar-refractivity contribution in [1.82, 2.24) is 19.1 Å². The molecule has 3 aliphatic heterocycles. The molecule has 3 aliphatic rings. The van der Waals surface area contributed by atoms with Gasteiger partial charge in [-0.25, -0.2) is 8.42 Å². The Morgan fingerprint density at radius 1 is 1.05 bits per heavy atom. The molecule has 42 heavy (non-hydrogen) atoms. The molecule has 1 aromatic heterocycles. The number of carbonyl (C=O) groups excluding carboxylic acids is 1. The minimum absolute atomic E-state index is 0.0782. The Morgan fingerprint density at radius 3 is 2.52 bits per heavy atom. The number of pyridine rings is 1. The number of halogens is 1. The van der Waals surface area contributed by atoms with E-state index in [0.717, 1.165) is 38.0 Å². The number of nitrogens with zero attached hydrogens (tertiary/aromatic N) is 4. The lowest BCUT2D eigenvalue weighted by atomic mass is 9.85. The lowest BCUT2D eigenvalue weighted by Crippen LogP contribution is -2.49. The van der Waals surface area contributed by atoms with E-state index >= 15 is 0 Å². The van der Waals surface area contributed by atoms with Crippen LogP contribution in [0.25, 0.3) is 0 Å². The maximum atomic E-state index is 13.6. The number of rotatable bonds is 11. The molecule has 3 fully saturated rings. The molecule has 1 aromatic carbocycles. The third-order valence-corrected chi connectivity index (χ3v) is 11.5. The van der Waals surface area contributed by atoms with E-state index in [2.05, 4.69) is 16.0 Å². The van der Waals surface area contributed by atoms with Crippen molar-refractivity contribution in [2.75, 3.05) is 59.1 Å². The quantitative estimate of drug-likeness (QED) is 0.372. The van der Waals surface area contributed by atoms with Crippen molar-refractivity contribution in [3.63, 3.8) is 0 Å². The van der Waals surface area contributed by atoms with Crippen LogP contribution in [0.5, 0.6) is 0 Å². The van der Waals surface area contributed by atoms with Gasteiger partial charge in [-0.1, -0.05) is 36.2 Å². The van der Waals surface area contributed by atoms with Gasteiger partial charge in [0.25, 0.3) is 0 Å². The fourth-order valence-corrected chi connectivity index (χ4v) is 9.00. The van der Waals surface area contributed by atoms with E-state index in [-0.39, 0.29) is 35.1 Å². The van der Waals surface area contributed by atoms with Crippen LogP contribution >= 0.6 is 11.6 Å². The predicted molar refractivity (Wildman–Crippen MR) is 162 cm³/mol. The van der Waals surface area contributed by atoms with Crippen LogP contribution in [0.1, 0.15) is 56.1 Å². The van der Waals surface area contributed by atoms with E-state index in [9.17, 15) is 13.2 Å². The normalized spacial score (nSPS) is 22.0. The first kappa shape index (κ1) is 31.3. The summed E-state index contributed by atoms with van der Waals surface area (Å²) in [7, 11) is -3.79. The predicted octanol–water partition coefficient (Wildman–Crippen LogP) is 4.23. The van der Waals surface area contributed by atoms with E-state index in [0.29, 0.717) is 51.1 Å². The van der Waals surface area contributed by atoms with Gasteiger partial charge in [0.2, 0.25) is 15.9 Å². The third-order valence-electron chi connectivity index (χ3n) is 8.94. The number of ether oxygens (including phenoxy) is 2. The number of hydrogen-bond donors (Lipinski definition) is 0. The highest BCUT2D eigenvalue weighted by molar-refractivity contribution is 7.89. The smallest absolute Gasteiger partial charge is 0.248 e. The Morgan fingerprint density at radius 2 is 1.81 bits per heavy atom. The van der Waals surface area contributed by atoms with Gasteiger partial charge in [0.1, 0.15) is 11.5 Å². The first-order chi connectivity index (χ1) is 20.3. The fraction of sp³-hybridized carbons (Fsp3) is 0.613. The van der Waals surface area contributed by atoms with Gasteiger partial charge >= 0.3 is 0 Å². The molecular weight excluding hydrogens is 576 g/mol. The molecular formula is C31H43ClN4O5S. The second-order valence-electron chi connectivity index (χ2n) is 11.7. The molecule has 0 N–H and O–H groups in total. The molecule has 230 valence electrons. The standard InChI is InChI=1S/C31H43ClN4O5S/c1-25-8-6-11-28(32)30(25)42(38,39)36-17-3-2-10-27(36)23-40-24-29(37)35-18-12-31(13-19-35,26-9-7-14-33-22-26)41-21-20-34-15-4-5-16-34/h6-9,11,14,22,27H,2-5,10,12-13,15-21,23-24H2,1H3.